The maximum absolute atomic E-state index is 12.2. The number of piperidine rings is 1. The molecule has 26 heavy (non-hydrogen) atoms. The topological polar surface area (TPSA) is 84.4 Å². The molecular formula is C19H20N4O3. The van der Waals surface area contributed by atoms with Gasteiger partial charge in [0.2, 0.25) is 0 Å². The number of hydrogen-bond donors (Lipinski definition) is 1. The van der Waals surface area contributed by atoms with Crippen molar-refractivity contribution in [2.45, 2.75) is 25.3 Å². The molecule has 3 aromatic heterocycles. The number of pyridine rings is 1. The first-order chi connectivity index (χ1) is 12.6. The van der Waals surface area contributed by atoms with Crippen LogP contribution in [0.25, 0.3) is 11.5 Å². The second-order valence-electron chi connectivity index (χ2n) is 6.58. The quantitative estimate of drug-likeness (QED) is 0.777. The molecule has 1 aliphatic heterocycles. The van der Waals surface area contributed by atoms with Gasteiger partial charge in [0.1, 0.15) is 11.5 Å². The SMILES string of the molecule is Cc1cccc(N2CCC(C(=O)O)(n3ccc(-c4ccco4)n3)CC2)n1. The lowest BCUT2D eigenvalue weighted by Gasteiger charge is -2.39. The second kappa shape index (κ2) is 6.33. The summed E-state index contributed by atoms with van der Waals surface area (Å²) >= 11 is 0. The number of nitrogens with zero attached hydrogens (tertiary/aromatic N) is 4. The van der Waals surface area contributed by atoms with E-state index in [0.29, 0.717) is 37.4 Å². The molecule has 0 amide bonds. The zero-order valence-electron chi connectivity index (χ0n) is 14.5. The van der Waals surface area contributed by atoms with Crippen LogP contribution in [0.1, 0.15) is 18.5 Å². The predicted molar refractivity (Wildman–Crippen MR) is 96.0 cm³/mol. The van der Waals surface area contributed by atoms with Gasteiger partial charge in [-0.05, 0) is 37.3 Å². The molecular weight excluding hydrogens is 332 g/mol. The number of aryl methyl sites for hydroxylation is 1. The van der Waals surface area contributed by atoms with Gasteiger partial charge in [-0.25, -0.2) is 9.78 Å². The van der Waals surface area contributed by atoms with Crippen molar-refractivity contribution in [1.29, 1.82) is 0 Å². The van der Waals surface area contributed by atoms with Gasteiger partial charge in [0.15, 0.2) is 11.3 Å². The third-order valence-electron chi connectivity index (χ3n) is 4.99. The lowest BCUT2D eigenvalue weighted by Crippen LogP contribution is -2.51. The van der Waals surface area contributed by atoms with Crippen LogP contribution >= 0.6 is 0 Å². The molecule has 0 atom stereocenters. The fourth-order valence-electron chi connectivity index (χ4n) is 3.47. The molecule has 4 heterocycles. The fraction of sp³-hybridized carbons (Fsp3) is 0.316. The van der Waals surface area contributed by atoms with Crippen molar-refractivity contribution in [2.75, 3.05) is 18.0 Å². The van der Waals surface area contributed by atoms with Crippen molar-refractivity contribution in [1.82, 2.24) is 14.8 Å². The van der Waals surface area contributed by atoms with E-state index in [9.17, 15) is 9.90 Å². The van der Waals surface area contributed by atoms with E-state index in [1.54, 1.807) is 29.3 Å². The minimum atomic E-state index is -1.05. The van der Waals surface area contributed by atoms with E-state index in [4.69, 9.17) is 4.42 Å². The van der Waals surface area contributed by atoms with E-state index in [-0.39, 0.29) is 0 Å². The van der Waals surface area contributed by atoms with Crippen LogP contribution in [0.15, 0.2) is 53.3 Å². The molecule has 0 spiro atoms. The molecule has 1 N–H and O–H groups in total. The summed E-state index contributed by atoms with van der Waals surface area (Å²) in [6.07, 6.45) is 4.22. The van der Waals surface area contributed by atoms with E-state index >= 15 is 0 Å². The van der Waals surface area contributed by atoms with Gasteiger partial charge >= 0.3 is 5.97 Å². The highest BCUT2D eigenvalue weighted by Crippen LogP contribution is 2.33. The Bertz CT molecular complexity index is 909. The van der Waals surface area contributed by atoms with Gasteiger partial charge in [-0.2, -0.15) is 5.10 Å². The van der Waals surface area contributed by atoms with Crippen molar-refractivity contribution in [3.63, 3.8) is 0 Å². The minimum Gasteiger partial charge on any atom is -0.479 e. The smallest absolute Gasteiger partial charge is 0.331 e. The van der Waals surface area contributed by atoms with Crippen LogP contribution in [0.4, 0.5) is 5.82 Å². The summed E-state index contributed by atoms with van der Waals surface area (Å²) in [6, 6.07) is 11.3. The monoisotopic (exact) mass is 352 g/mol. The van der Waals surface area contributed by atoms with Crippen molar-refractivity contribution in [3.05, 3.63) is 54.6 Å². The number of aromatic nitrogens is 3. The Morgan fingerprint density at radius 2 is 2.00 bits per heavy atom. The predicted octanol–water partition coefficient (Wildman–Crippen LogP) is 2.93. The van der Waals surface area contributed by atoms with E-state index in [0.717, 1.165) is 11.5 Å². The Morgan fingerprint density at radius 1 is 1.19 bits per heavy atom. The molecule has 7 nitrogen and oxygen atoms in total. The molecule has 1 fully saturated rings. The number of carboxylic acid groups (broad SMARTS) is 1. The number of anilines is 1. The second-order valence-corrected chi connectivity index (χ2v) is 6.58. The van der Waals surface area contributed by atoms with Crippen LogP contribution in [-0.2, 0) is 10.3 Å². The van der Waals surface area contributed by atoms with Crippen molar-refractivity contribution >= 4 is 11.8 Å². The molecule has 1 saturated heterocycles. The Labute approximate surface area is 150 Å². The van der Waals surface area contributed by atoms with Gasteiger partial charge in [0.05, 0.1) is 6.26 Å². The molecule has 0 aromatic carbocycles. The van der Waals surface area contributed by atoms with Gasteiger partial charge in [0.25, 0.3) is 0 Å². The first-order valence-corrected chi connectivity index (χ1v) is 8.60. The number of carbonyl (C=O) groups is 1. The molecule has 0 bridgehead atoms. The molecule has 7 heteroatoms. The first kappa shape index (κ1) is 16.4. The number of aliphatic carboxylic acids is 1. The molecule has 0 radical (unpaired) electrons. The van der Waals surface area contributed by atoms with E-state index in [1.807, 2.05) is 31.2 Å². The molecule has 0 unspecified atom stereocenters. The third kappa shape index (κ3) is 2.75. The molecule has 0 aliphatic carbocycles. The standard InChI is InChI=1S/C19H20N4O3/c1-14-4-2-6-17(20-14)22-11-8-19(9-12-22,18(24)25)23-10-7-15(21-23)16-5-3-13-26-16/h2-7,10,13H,8-9,11-12H2,1H3,(H,24,25). The number of hydrogen-bond acceptors (Lipinski definition) is 5. The van der Waals surface area contributed by atoms with Gasteiger partial charge < -0.3 is 14.4 Å². The van der Waals surface area contributed by atoms with Gasteiger partial charge in [-0.3, -0.25) is 4.68 Å². The zero-order valence-corrected chi connectivity index (χ0v) is 14.5. The summed E-state index contributed by atoms with van der Waals surface area (Å²) in [7, 11) is 0. The summed E-state index contributed by atoms with van der Waals surface area (Å²) in [6.45, 7) is 3.17. The van der Waals surface area contributed by atoms with Crippen LogP contribution < -0.4 is 4.90 Å². The number of rotatable bonds is 4. The number of carboxylic acids is 1. The van der Waals surface area contributed by atoms with Crippen molar-refractivity contribution < 1.29 is 14.3 Å². The summed E-state index contributed by atoms with van der Waals surface area (Å²) < 4.78 is 6.94. The van der Waals surface area contributed by atoms with Crippen LogP contribution in [0, 0.1) is 6.92 Å². The van der Waals surface area contributed by atoms with Crippen LogP contribution in [0.2, 0.25) is 0 Å². The average molecular weight is 352 g/mol. The average Bonchev–Trinajstić information content (AvgIpc) is 3.33. The summed E-state index contributed by atoms with van der Waals surface area (Å²) in [5.41, 5.74) is 0.539. The van der Waals surface area contributed by atoms with Gasteiger partial charge in [-0.1, -0.05) is 6.07 Å². The number of furan rings is 1. The Morgan fingerprint density at radius 3 is 2.65 bits per heavy atom. The highest BCUT2D eigenvalue weighted by molar-refractivity contribution is 5.77. The summed E-state index contributed by atoms with van der Waals surface area (Å²) in [5, 5.41) is 14.5. The fourth-order valence-corrected chi connectivity index (χ4v) is 3.47. The summed E-state index contributed by atoms with van der Waals surface area (Å²) in [5.74, 6) is 0.662. The van der Waals surface area contributed by atoms with Crippen LogP contribution in [0.3, 0.4) is 0 Å². The molecule has 3 aromatic rings. The highest BCUT2D eigenvalue weighted by atomic mass is 16.4. The normalized spacial score (nSPS) is 16.6. The van der Waals surface area contributed by atoms with Gasteiger partial charge in [-0.15, -0.1) is 0 Å². The van der Waals surface area contributed by atoms with E-state index in [2.05, 4.69) is 15.0 Å². The minimum absolute atomic E-state index is 0.456. The Balaban J connectivity index is 1.58. The lowest BCUT2D eigenvalue weighted by molar-refractivity contribution is -0.149. The summed E-state index contributed by atoms with van der Waals surface area (Å²) in [4.78, 5) is 18.8. The highest BCUT2D eigenvalue weighted by Gasteiger charge is 2.44. The molecule has 0 saturated carbocycles. The van der Waals surface area contributed by atoms with E-state index < -0.39 is 11.5 Å². The Kier molecular flexibility index (Phi) is 3.99. The van der Waals surface area contributed by atoms with Crippen LogP contribution in [-0.4, -0.2) is 38.9 Å². The zero-order chi connectivity index (χ0) is 18.1. The maximum atomic E-state index is 12.2. The first-order valence-electron chi connectivity index (χ1n) is 8.60. The van der Waals surface area contributed by atoms with Crippen molar-refractivity contribution in [3.8, 4) is 11.5 Å². The molecule has 134 valence electrons. The molecule has 4 rings (SSSR count). The lowest BCUT2D eigenvalue weighted by atomic mass is 9.87. The molecule has 1 aliphatic rings. The van der Waals surface area contributed by atoms with Crippen LogP contribution in [0.5, 0.6) is 0 Å². The van der Waals surface area contributed by atoms with Crippen molar-refractivity contribution in [2.24, 2.45) is 0 Å². The van der Waals surface area contributed by atoms with Gasteiger partial charge in [0, 0.05) is 37.8 Å². The van der Waals surface area contributed by atoms with E-state index in [1.165, 1.54) is 0 Å². The third-order valence-corrected chi connectivity index (χ3v) is 4.99. The largest absolute Gasteiger partial charge is 0.479 e. The maximum Gasteiger partial charge on any atom is 0.331 e. The Hall–Kier alpha value is -3.09.